The van der Waals surface area contributed by atoms with Gasteiger partial charge < -0.3 is 19.1 Å². The molecule has 4 rings (SSSR count). The Bertz CT molecular complexity index is 859. The molecule has 0 aliphatic carbocycles. The van der Waals surface area contributed by atoms with Crippen molar-refractivity contribution >= 4 is 17.5 Å². The second kappa shape index (κ2) is 7.05. The topological polar surface area (TPSA) is 76.7 Å². The van der Waals surface area contributed by atoms with Gasteiger partial charge >= 0.3 is 0 Å². The Morgan fingerprint density at radius 1 is 1.26 bits per heavy atom. The van der Waals surface area contributed by atoms with Crippen LogP contribution >= 0.6 is 11.6 Å². The summed E-state index contributed by atoms with van der Waals surface area (Å²) in [7, 11) is 3.28. The maximum Gasteiger partial charge on any atom is 0.273 e. The second-order valence-corrected chi connectivity index (χ2v) is 7.25. The zero-order chi connectivity index (χ0) is 19.0. The fourth-order valence-electron chi connectivity index (χ4n) is 4.05. The molecule has 1 fully saturated rings. The van der Waals surface area contributed by atoms with Crippen molar-refractivity contribution in [2.45, 2.75) is 24.9 Å². The van der Waals surface area contributed by atoms with E-state index in [2.05, 4.69) is 10.2 Å². The maximum atomic E-state index is 12.7. The summed E-state index contributed by atoms with van der Waals surface area (Å²) in [6.07, 6.45) is 3.71. The summed E-state index contributed by atoms with van der Waals surface area (Å²) in [5, 5.41) is 6.86. The molecule has 7 nitrogen and oxygen atoms in total. The highest BCUT2D eigenvalue weighted by Crippen LogP contribution is 2.45. The van der Waals surface area contributed by atoms with E-state index in [1.54, 1.807) is 19.1 Å². The zero-order valence-corrected chi connectivity index (χ0v) is 16.1. The monoisotopic (exact) mass is 391 g/mol. The second-order valence-electron chi connectivity index (χ2n) is 6.84. The number of H-pyrrole nitrogens is 1. The number of aromatic amines is 1. The van der Waals surface area contributed by atoms with Gasteiger partial charge in [0.15, 0.2) is 11.5 Å². The molecule has 8 heteroatoms. The summed E-state index contributed by atoms with van der Waals surface area (Å²) in [6, 6.07) is 4.07. The zero-order valence-electron chi connectivity index (χ0n) is 15.4. The molecule has 144 valence electrons. The van der Waals surface area contributed by atoms with E-state index in [4.69, 9.17) is 25.8 Å². The van der Waals surface area contributed by atoms with E-state index >= 15 is 0 Å². The molecule has 0 saturated carbocycles. The van der Waals surface area contributed by atoms with Crippen molar-refractivity contribution in [1.29, 1.82) is 0 Å². The molecule has 1 saturated heterocycles. The molecular weight excluding hydrogens is 370 g/mol. The van der Waals surface area contributed by atoms with Crippen LogP contribution in [0.4, 0.5) is 0 Å². The summed E-state index contributed by atoms with van der Waals surface area (Å²) >= 11 is 6.03. The standard InChI is InChI=1S/C19H22ClN3O4/c1-25-15-9-12-3-8-27-19(13(12)10-16(15)26-2)4-6-23(7-5-19)18(24)17-14(20)11-21-22-17/h9-11H,3-8H2,1-2H3,(H,21,22). The molecule has 0 unspecified atom stereocenters. The average Bonchev–Trinajstić information content (AvgIpc) is 3.13. The minimum atomic E-state index is -0.401. The smallest absolute Gasteiger partial charge is 0.273 e. The Balaban J connectivity index is 1.59. The van der Waals surface area contributed by atoms with Crippen molar-refractivity contribution in [3.63, 3.8) is 0 Å². The van der Waals surface area contributed by atoms with Crippen LogP contribution in [0.25, 0.3) is 0 Å². The van der Waals surface area contributed by atoms with Crippen molar-refractivity contribution in [1.82, 2.24) is 15.1 Å². The maximum absolute atomic E-state index is 12.7. The van der Waals surface area contributed by atoms with Gasteiger partial charge in [-0.05, 0) is 42.5 Å². The van der Waals surface area contributed by atoms with E-state index in [9.17, 15) is 4.79 Å². The van der Waals surface area contributed by atoms with Crippen LogP contribution in [-0.4, -0.2) is 54.9 Å². The molecule has 1 N–H and O–H groups in total. The van der Waals surface area contributed by atoms with Crippen LogP contribution in [-0.2, 0) is 16.8 Å². The first-order valence-electron chi connectivity index (χ1n) is 8.95. The molecule has 1 aromatic heterocycles. The predicted octanol–water partition coefficient (Wildman–Crippen LogP) is 2.78. The number of piperidine rings is 1. The normalized spacial score (nSPS) is 18.3. The third-order valence-electron chi connectivity index (χ3n) is 5.52. The third kappa shape index (κ3) is 3.04. The first-order valence-corrected chi connectivity index (χ1v) is 9.33. The van der Waals surface area contributed by atoms with E-state index in [0.717, 1.165) is 17.7 Å². The molecule has 2 aliphatic rings. The van der Waals surface area contributed by atoms with Crippen molar-refractivity contribution in [3.8, 4) is 11.5 Å². The highest BCUT2D eigenvalue weighted by Gasteiger charge is 2.42. The quantitative estimate of drug-likeness (QED) is 0.870. The van der Waals surface area contributed by atoms with E-state index in [1.807, 2.05) is 12.1 Å². The Kier molecular flexibility index (Phi) is 4.74. The number of hydrogen-bond donors (Lipinski definition) is 1. The average molecular weight is 392 g/mol. The van der Waals surface area contributed by atoms with Crippen molar-refractivity contribution < 1.29 is 19.0 Å². The number of nitrogens with zero attached hydrogens (tertiary/aromatic N) is 2. The number of fused-ring (bicyclic) bond motifs is 2. The lowest BCUT2D eigenvalue weighted by atomic mass is 9.79. The van der Waals surface area contributed by atoms with Crippen molar-refractivity contribution in [3.05, 3.63) is 40.2 Å². The SMILES string of the molecule is COc1cc2c(cc1OC)C1(CCN(C(=O)c3[nH]ncc3Cl)CC1)OCC2. The number of rotatable bonds is 3. The molecule has 1 aromatic carbocycles. The molecule has 1 spiro atoms. The van der Waals surface area contributed by atoms with E-state index in [0.29, 0.717) is 49.0 Å². The van der Waals surface area contributed by atoms with Crippen LogP contribution in [0.3, 0.4) is 0 Å². The van der Waals surface area contributed by atoms with Gasteiger partial charge in [-0.25, -0.2) is 0 Å². The molecule has 2 aromatic rings. The van der Waals surface area contributed by atoms with E-state index in [-0.39, 0.29) is 5.91 Å². The number of carbonyl (C=O) groups is 1. The minimum absolute atomic E-state index is 0.129. The number of likely N-dealkylation sites (tertiary alicyclic amines) is 1. The minimum Gasteiger partial charge on any atom is -0.493 e. The van der Waals surface area contributed by atoms with Gasteiger partial charge in [0.1, 0.15) is 5.69 Å². The predicted molar refractivity (Wildman–Crippen MR) is 99.6 cm³/mol. The summed E-state index contributed by atoms with van der Waals surface area (Å²) in [6.45, 7) is 1.83. The van der Waals surface area contributed by atoms with Gasteiger partial charge in [0.25, 0.3) is 5.91 Å². The number of methoxy groups -OCH3 is 2. The lowest BCUT2D eigenvalue weighted by Gasteiger charge is -2.45. The molecule has 2 aliphatic heterocycles. The van der Waals surface area contributed by atoms with Crippen LogP contribution in [0.2, 0.25) is 5.02 Å². The summed E-state index contributed by atoms with van der Waals surface area (Å²) in [5.74, 6) is 1.30. The van der Waals surface area contributed by atoms with E-state index < -0.39 is 5.60 Å². The summed E-state index contributed by atoms with van der Waals surface area (Å²) in [4.78, 5) is 14.5. The first kappa shape index (κ1) is 18.1. The van der Waals surface area contributed by atoms with Crippen molar-refractivity contribution in [2.75, 3.05) is 33.9 Å². The molecule has 0 atom stereocenters. The number of ether oxygens (including phenoxy) is 3. The fourth-order valence-corrected chi connectivity index (χ4v) is 4.22. The van der Waals surface area contributed by atoms with Gasteiger partial charge in [-0.1, -0.05) is 11.6 Å². The Hall–Kier alpha value is -2.25. The number of halogens is 1. The highest BCUT2D eigenvalue weighted by molar-refractivity contribution is 6.33. The van der Waals surface area contributed by atoms with Crippen molar-refractivity contribution in [2.24, 2.45) is 0 Å². The molecular formula is C19H22ClN3O4. The van der Waals surface area contributed by atoms with Crippen LogP contribution < -0.4 is 9.47 Å². The lowest BCUT2D eigenvalue weighted by molar-refractivity contribution is -0.0936. The third-order valence-corrected chi connectivity index (χ3v) is 5.80. The Morgan fingerprint density at radius 2 is 1.96 bits per heavy atom. The van der Waals surface area contributed by atoms with E-state index in [1.165, 1.54) is 11.8 Å². The molecule has 3 heterocycles. The molecule has 0 bridgehead atoms. The first-order chi connectivity index (χ1) is 13.1. The molecule has 1 amide bonds. The Morgan fingerprint density at radius 3 is 2.59 bits per heavy atom. The number of nitrogens with one attached hydrogen (secondary N) is 1. The van der Waals surface area contributed by atoms with Crippen LogP contribution in [0.1, 0.15) is 34.5 Å². The number of aromatic nitrogens is 2. The van der Waals surface area contributed by atoms with Gasteiger partial charge in [-0.15, -0.1) is 0 Å². The number of carbonyl (C=O) groups excluding carboxylic acids is 1. The van der Waals surface area contributed by atoms with Gasteiger partial charge in [-0.3, -0.25) is 9.89 Å². The fraction of sp³-hybridized carbons (Fsp3) is 0.474. The molecule has 27 heavy (non-hydrogen) atoms. The van der Waals surface area contributed by atoms with Gasteiger partial charge in [0, 0.05) is 13.1 Å². The number of amides is 1. The number of benzene rings is 1. The Labute approximate surface area is 162 Å². The van der Waals surface area contributed by atoms with Gasteiger partial charge in [0.2, 0.25) is 0 Å². The van der Waals surface area contributed by atoms with Crippen LogP contribution in [0, 0.1) is 0 Å². The lowest BCUT2D eigenvalue weighted by Crippen LogP contribution is -2.48. The van der Waals surface area contributed by atoms with Crippen LogP contribution in [0.5, 0.6) is 11.5 Å². The highest BCUT2D eigenvalue weighted by atomic mass is 35.5. The van der Waals surface area contributed by atoms with Gasteiger partial charge in [0.05, 0.1) is 37.6 Å². The summed E-state index contributed by atoms with van der Waals surface area (Å²) in [5.41, 5.74) is 2.29. The van der Waals surface area contributed by atoms with Gasteiger partial charge in [-0.2, -0.15) is 5.10 Å². The van der Waals surface area contributed by atoms with Crippen LogP contribution in [0.15, 0.2) is 18.3 Å². The number of hydrogen-bond acceptors (Lipinski definition) is 5. The largest absolute Gasteiger partial charge is 0.493 e. The molecule has 0 radical (unpaired) electrons. The summed E-state index contributed by atoms with van der Waals surface area (Å²) < 4.78 is 17.2.